The Morgan fingerprint density at radius 2 is 1.82 bits per heavy atom. The molecule has 0 aromatic carbocycles. The summed E-state index contributed by atoms with van der Waals surface area (Å²) in [6.45, 7) is 0.821. The molecule has 0 aromatic heterocycles. The van der Waals surface area contributed by atoms with Crippen molar-refractivity contribution in [2.75, 3.05) is 6.54 Å². The number of carboxylic acid groups (broad SMARTS) is 1. The van der Waals surface area contributed by atoms with Crippen molar-refractivity contribution in [2.24, 2.45) is 17.4 Å². The highest BCUT2D eigenvalue weighted by molar-refractivity contribution is 5.94. The Bertz CT molecular complexity index is 342. The van der Waals surface area contributed by atoms with E-state index in [0.29, 0.717) is 0 Å². The third-order valence-corrected chi connectivity index (χ3v) is 2.06. The molecule has 96 valence electrons. The molecule has 0 radical (unpaired) electrons. The van der Waals surface area contributed by atoms with E-state index in [9.17, 15) is 19.2 Å². The maximum absolute atomic E-state index is 11.6. The van der Waals surface area contributed by atoms with Crippen LogP contribution in [0.1, 0.15) is 13.3 Å². The lowest BCUT2D eigenvalue weighted by molar-refractivity contribution is -0.143. The van der Waals surface area contributed by atoms with E-state index in [2.05, 4.69) is 5.32 Å². The summed E-state index contributed by atoms with van der Waals surface area (Å²) in [5.74, 6) is -4.57. The molecule has 0 aliphatic heterocycles. The second-order valence-corrected chi connectivity index (χ2v) is 3.52. The summed E-state index contributed by atoms with van der Waals surface area (Å²) in [5, 5.41) is 10.9. The topological polar surface area (TPSA) is 153 Å². The molecule has 1 unspecified atom stereocenters. The monoisotopic (exact) mass is 245 g/mol. The van der Waals surface area contributed by atoms with E-state index in [4.69, 9.17) is 16.6 Å². The molecule has 17 heavy (non-hydrogen) atoms. The molecule has 0 aliphatic carbocycles. The van der Waals surface area contributed by atoms with Crippen LogP contribution in [0.2, 0.25) is 0 Å². The maximum atomic E-state index is 11.6. The quantitative estimate of drug-likeness (QED) is 0.392. The van der Waals surface area contributed by atoms with Gasteiger partial charge in [-0.25, -0.2) is 0 Å². The van der Waals surface area contributed by atoms with Crippen molar-refractivity contribution in [3.05, 3.63) is 0 Å². The molecule has 0 bridgehead atoms. The van der Waals surface area contributed by atoms with Gasteiger partial charge in [0.25, 0.3) is 0 Å². The Hall–Kier alpha value is -1.96. The van der Waals surface area contributed by atoms with Crippen LogP contribution < -0.4 is 16.8 Å². The normalized spacial score (nSPS) is 13.5. The number of hydrogen-bond donors (Lipinski definition) is 4. The fourth-order valence-corrected chi connectivity index (χ4v) is 1.17. The van der Waals surface area contributed by atoms with Gasteiger partial charge in [-0.05, 0) is 0 Å². The lowest BCUT2D eigenvalue weighted by Gasteiger charge is -2.18. The first-order chi connectivity index (χ1) is 7.75. The number of carbonyl (C=O) groups excluding carboxylic acids is 3. The van der Waals surface area contributed by atoms with Crippen LogP contribution in [0, 0.1) is 5.92 Å². The van der Waals surface area contributed by atoms with Gasteiger partial charge in [0, 0.05) is 13.3 Å². The molecule has 0 saturated carbocycles. The highest BCUT2D eigenvalue weighted by Gasteiger charge is 2.31. The van der Waals surface area contributed by atoms with Gasteiger partial charge in [0.15, 0.2) is 5.78 Å². The van der Waals surface area contributed by atoms with Gasteiger partial charge in [0.05, 0.1) is 12.5 Å². The van der Waals surface area contributed by atoms with Crippen molar-refractivity contribution in [2.45, 2.75) is 19.4 Å². The van der Waals surface area contributed by atoms with Gasteiger partial charge in [-0.1, -0.05) is 0 Å². The van der Waals surface area contributed by atoms with Crippen LogP contribution in [-0.4, -0.2) is 41.3 Å². The fraction of sp³-hybridized carbons (Fsp3) is 0.556. The molecule has 0 aliphatic rings. The number of aliphatic carboxylic acids is 1. The number of ketones is 1. The molecular formula is C9H15N3O5. The minimum atomic E-state index is -1.52. The van der Waals surface area contributed by atoms with E-state index in [-0.39, 0.29) is 6.54 Å². The fourth-order valence-electron chi connectivity index (χ4n) is 1.17. The standard InChI is InChI=1S/C9H15N3O5/c1-4(13)12-3-6(14)5(2-7(10)15)8(11)9(16)17/h5,8H,2-3,11H2,1H3,(H2,10,15)(H,12,13)(H,16,17)/t5?,8-/m0/s1. The Balaban J connectivity index is 4.67. The SMILES string of the molecule is CC(=O)NCC(=O)C(CC(N)=O)[C@H](N)C(=O)O. The summed E-state index contributed by atoms with van der Waals surface area (Å²) >= 11 is 0. The van der Waals surface area contributed by atoms with E-state index in [1.807, 2.05) is 0 Å². The maximum Gasteiger partial charge on any atom is 0.321 e. The number of amides is 2. The molecular weight excluding hydrogens is 230 g/mol. The third-order valence-electron chi connectivity index (χ3n) is 2.06. The lowest BCUT2D eigenvalue weighted by atomic mass is 9.91. The second kappa shape index (κ2) is 6.59. The van der Waals surface area contributed by atoms with Gasteiger partial charge >= 0.3 is 5.97 Å². The molecule has 0 fully saturated rings. The van der Waals surface area contributed by atoms with Crippen molar-refractivity contribution in [1.82, 2.24) is 5.32 Å². The number of hydrogen-bond acceptors (Lipinski definition) is 5. The van der Waals surface area contributed by atoms with Crippen LogP contribution in [0.4, 0.5) is 0 Å². The predicted molar refractivity (Wildman–Crippen MR) is 56.6 cm³/mol. The van der Waals surface area contributed by atoms with Crippen LogP contribution in [0.5, 0.6) is 0 Å². The number of carboxylic acids is 1. The highest BCUT2D eigenvalue weighted by atomic mass is 16.4. The average Bonchev–Trinajstić information content (AvgIpc) is 2.21. The Morgan fingerprint density at radius 1 is 1.29 bits per heavy atom. The van der Waals surface area contributed by atoms with E-state index in [1.165, 1.54) is 6.92 Å². The number of nitrogens with two attached hydrogens (primary N) is 2. The average molecular weight is 245 g/mol. The molecule has 0 spiro atoms. The minimum absolute atomic E-state index is 0.381. The first-order valence-electron chi connectivity index (χ1n) is 4.79. The summed E-state index contributed by atoms with van der Waals surface area (Å²) < 4.78 is 0. The highest BCUT2D eigenvalue weighted by Crippen LogP contribution is 2.09. The Labute approximate surface area is 97.3 Å². The summed E-state index contributed by atoms with van der Waals surface area (Å²) in [7, 11) is 0. The van der Waals surface area contributed by atoms with Gasteiger partial charge in [0.1, 0.15) is 6.04 Å². The van der Waals surface area contributed by atoms with E-state index < -0.39 is 41.9 Å². The van der Waals surface area contributed by atoms with Crippen molar-refractivity contribution in [3.63, 3.8) is 0 Å². The Morgan fingerprint density at radius 3 is 2.18 bits per heavy atom. The number of primary amides is 1. The summed E-state index contributed by atoms with van der Waals surface area (Å²) in [6.07, 6.45) is -0.466. The largest absolute Gasteiger partial charge is 0.480 e. The molecule has 2 amide bonds. The molecule has 8 nitrogen and oxygen atoms in total. The van der Waals surface area contributed by atoms with Gasteiger partial charge < -0.3 is 21.9 Å². The van der Waals surface area contributed by atoms with Gasteiger partial charge in [-0.2, -0.15) is 0 Å². The zero-order valence-electron chi connectivity index (χ0n) is 9.30. The van der Waals surface area contributed by atoms with Gasteiger partial charge in [0.2, 0.25) is 11.8 Å². The van der Waals surface area contributed by atoms with E-state index in [0.717, 1.165) is 0 Å². The Kier molecular flexibility index (Phi) is 5.83. The van der Waals surface area contributed by atoms with Crippen LogP contribution in [0.15, 0.2) is 0 Å². The molecule has 6 N–H and O–H groups in total. The number of nitrogens with one attached hydrogen (secondary N) is 1. The first kappa shape index (κ1) is 15.0. The third kappa shape index (κ3) is 5.61. The molecule has 0 rings (SSSR count). The van der Waals surface area contributed by atoms with Crippen molar-refractivity contribution in [3.8, 4) is 0 Å². The predicted octanol–water partition coefficient (Wildman–Crippen LogP) is -2.40. The van der Waals surface area contributed by atoms with E-state index in [1.54, 1.807) is 0 Å². The smallest absolute Gasteiger partial charge is 0.321 e. The zero-order valence-corrected chi connectivity index (χ0v) is 9.30. The zero-order chi connectivity index (χ0) is 13.6. The van der Waals surface area contributed by atoms with Crippen LogP contribution in [0.3, 0.4) is 0 Å². The second-order valence-electron chi connectivity index (χ2n) is 3.52. The number of rotatable bonds is 7. The summed E-state index contributed by atoms with van der Waals surface area (Å²) in [6, 6.07) is -1.52. The van der Waals surface area contributed by atoms with Crippen LogP contribution in [-0.2, 0) is 19.2 Å². The van der Waals surface area contributed by atoms with Crippen molar-refractivity contribution in [1.29, 1.82) is 0 Å². The molecule has 2 atom stereocenters. The summed E-state index contributed by atoms with van der Waals surface area (Å²) in [5.41, 5.74) is 10.2. The number of Topliss-reactive ketones (excluding diaryl/α,β-unsaturated/α-hetero) is 1. The lowest BCUT2D eigenvalue weighted by Crippen LogP contribution is -2.46. The molecule has 0 saturated heterocycles. The minimum Gasteiger partial charge on any atom is -0.480 e. The molecule has 0 heterocycles. The van der Waals surface area contributed by atoms with Gasteiger partial charge in [-0.15, -0.1) is 0 Å². The van der Waals surface area contributed by atoms with Crippen molar-refractivity contribution < 1.29 is 24.3 Å². The summed E-state index contributed by atoms with van der Waals surface area (Å²) in [4.78, 5) is 43.5. The molecule has 0 aromatic rings. The van der Waals surface area contributed by atoms with Gasteiger partial charge in [-0.3, -0.25) is 19.2 Å². The van der Waals surface area contributed by atoms with Crippen LogP contribution in [0.25, 0.3) is 0 Å². The number of carbonyl (C=O) groups is 4. The van der Waals surface area contributed by atoms with Crippen LogP contribution >= 0.6 is 0 Å². The van der Waals surface area contributed by atoms with E-state index >= 15 is 0 Å². The van der Waals surface area contributed by atoms with Crippen molar-refractivity contribution >= 4 is 23.6 Å². The first-order valence-corrected chi connectivity index (χ1v) is 4.79. The molecule has 8 heteroatoms.